The number of ether oxygens (including phenoxy) is 2. The van der Waals surface area contributed by atoms with Crippen molar-refractivity contribution >= 4 is 23.4 Å². The predicted octanol–water partition coefficient (Wildman–Crippen LogP) is 5.96. The number of amides is 1. The van der Waals surface area contributed by atoms with Crippen molar-refractivity contribution in [1.82, 2.24) is 15.2 Å². The average Bonchev–Trinajstić information content (AvgIpc) is 2.90. The van der Waals surface area contributed by atoms with E-state index < -0.39 is 0 Å². The topological polar surface area (TPSA) is 86.2 Å². The van der Waals surface area contributed by atoms with Gasteiger partial charge in [0.2, 0.25) is 11.1 Å². The third-order valence-corrected chi connectivity index (χ3v) is 6.45. The number of carbonyl (C=O) groups excluding carboxylic acids is 1. The third kappa shape index (κ3) is 6.20. The Morgan fingerprint density at radius 2 is 1.44 bits per heavy atom. The summed E-state index contributed by atoms with van der Waals surface area (Å²) in [7, 11) is 3.27. The molecule has 1 aromatic heterocycles. The van der Waals surface area contributed by atoms with Gasteiger partial charge in [-0.15, -0.1) is 10.2 Å². The van der Waals surface area contributed by atoms with Gasteiger partial charge in [-0.05, 0) is 74.0 Å². The van der Waals surface area contributed by atoms with E-state index in [1.807, 2.05) is 74.5 Å². The van der Waals surface area contributed by atoms with Crippen LogP contribution in [0.1, 0.15) is 17.5 Å². The number of nitrogens with zero attached hydrogens (tertiary/aromatic N) is 3. The van der Waals surface area contributed by atoms with Gasteiger partial charge in [-0.1, -0.05) is 29.5 Å². The standard InChI is InChI=1S/C28H28N4O3S/c1-18-5-14-24(19(2)17-18)29-25(33)15-16-36-28-30-26(20-6-10-22(34-3)11-7-20)27(31-32-28)21-8-12-23(35-4)13-9-21/h5-14,17H,15-16H2,1-4H3,(H,29,33). The minimum Gasteiger partial charge on any atom is -0.497 e. The van der Waals surface area contributed by atoms with Crippen LogP contribution in [-0.2, 0) is 4.79 Å². The van der Waals surface area contributed by atoms with Gasteiger partial charge in [-0.25, -0.2) is 4.98 Å². The monoisotopic (exact) mass is 500 g/mol. The summed E-state index contributed by atoms with van der Waals surface area (Å²) in [6.07, 6.45) is 0.333. The van der Waals surface area contributed by atoms with Crippen molar-refractivity contribution in [3.8, 4) is 34.0 Å². The number of aryl methyl sites for hydroxylation is 2. The first-order chi connectivity index (χ1) is 17.5. The first-order valence-corrected chi connectivity index (χ1v) is 12.5. The minimum atomic E-state index is -0.0485. The van der Waals surface area contributed by atoms with E-state index in [1.165, 1.54) is 11.8 Å². The molecule has 4 rings (SSSR count). The van der Waals surface area contributed by atoms with Crippen molar-refractivity contribution in [3.63, 3.8) is 0 Å². The molecule has 0 spiro atoms. The van der Waals surface area contributed by atoms with E-state index in [1.54, 1.807) is 14.2 Å². The fourth-order valence-electron chi connectivity index (χ4n) is 3.67. The quantitative estimate of drug-likeness (QED) is 0.284. The van der Waals surface area contributed by atoms with Gasteiger partial charge in [-0.3, -0.25) is 4.79 Å². The van der Waals surface area contributed by atoms with Crippen LogP contribution < -0.4 is 14.8 Å². The largest absolute Gasteiger partial charge is 0.497 e. The lowest BCUT2D eigenvalue weighted by Crippen LogP contribution is -2.13. The molecule has 8 heteroatoms. The second-order valence-corrected chi connectivity index (χ2v) is 9.28. The molecule has 184 valence electrons. The summed E-state index contributed by atoms with van der Waals surface area (Å²) < 4.78 is 10.6. The lowest BCUT2D eigenvalue weighted by atomic mass is 10.0. The van der Waals surface area contributed by atoms with Crippen molar-refractivity contribution in [2.45, 2.75) is 25.4 Å². The van der Waals surface area contributed by atoms with Gasteiger partial charge in [0.15, 0.2) is 0 Å². The number of hydrogen-bond donors (Lipinski definition) is 1. The molecule has 0 saturated heterocycles. The molecule has 7 nitrogen and oxygen atoms in total. The lowest BCUT2D eigenvalue weighted by Gasteiger charge is -2.11. The zero-order valence-corrected chi connectivity index (χ0v) is 21.6. The summed E-state index contributed by atoms with van der Waals surface area (Å²) in [5.41, 5.74) is 6.19. The van der Waals surface area contributed by atoms with Crippen LogP contribution in [0, 0.1) is 13.8 Å². The highest BCUT2D eigenvalue weighted by Gasteiger charge is 2.15. The number of benzene rings is 3. The van der Waals surface area contributed by atoms with Gasteiger partial charge in [0.1, 0.15) is 22.9 Å². The number of carbonyl (C=O) groups is 1. The number of anilines is 1. The van der Waals surface area contributed by atoms with Crippen molar-refractivity contribution in [2.75, 3.05) is 25.3 Å². The Labute approximate surface area is 215 Å². The maximum absolute atomic E-state index is 12.5. The molecule has 1 heterocycles. The molecule has 0 radical (unpaired) electrons. The van der Waals surface area contributed by atoms with Crippen molar-refractivity contribution in [3.05, 3.63) is 77.9 Å². The smallest absolute Gasteiger partial charge is 0.225 e. The van der Waals surface area contributed by atoms with E-state index in [0.717, 1.165) is 39.4 Å². The summed E-state index contributed by atoms with van der Waals surface area (Å²) in [6.45, 7) is 4.02. The van der Waals surface area contributed by atoms with Crippen molar-refractivity contribution < 1.29 is 14.3 Å². The van der Waals surface area contributed by atoms with E-state index in [-0.39, 0.29) is 5.91 Å². The molecule has 0 aliphatic rings. The highest BCUT2D eigenvalue weighted by atomic mass is 32.2. The minimum absolute atomic E-state index is 0.0485. The molecule has 3 aromatic carbocycles. The van der Waals surface area contributed by atoms with Crippen LogP contribution in [0.5, 0.6) is 11.5 Å². The molecule has 0 aliphatic heterocycles. The Hall–Kier alpha value is -3.91. The Morgan fingerprint density at radius 3 is 2.03 bits per heavy atom. The number of hydrogen-bond acceptors (Lipinski definition) is 7. The van der Waals surface area contributed by atoms with Gasteiger partial charge in [-0.2, -0.15) is 0 Å². The zero-order chi connectivity index (χ0) is 25.5. The number of aromatic nitrogens is 3. The average molecular weight is 501 g/mol. The molecule has 1 N–H and O–H groups in total. The molecular formula is C28H28N4O3S. The number of rotatable bonds is 9. The van der Waals surface area contributed by atoms with Crippen LogP contribution in [0.4, 0.5) is 5.69 Å². The van der Waals surface area contributed by atoms with E-state index in [4.69, 9.17) is 14.5 Å². The number of thioether (sulfide) groups is 1. The molecular weight excluding hydrogens is 472 g/mol. The molecule has 0 bridgehead atoms. The summed E-state index contributed by atoms with van der Waals surface area (Å²) >= 11 is 1.40. The molecule has 0 saturated carbocycles. The normalized spacial score (nSPS) is 10.7. The highest BCUT2D eigenvalue weighted by Crippen LogP contribution is 2.32. The van der Waals surface area contributed by atoms with Crippen LogP contribution in [-0.4, -0.2) is 41.1 Å². The van der Waals surface area contributed by atoms with E-state index in [9.17, 15) is 4.79 Å². The Bertz CT molecular complexity index is 1340. The van der Waals surface area contributed by atoms with E-state index in [0.29, 0.717) is 28.7 Å². The van der Waals surface area contributed by atoms with Crippen LogP contribution in [0.15, 0.2) is 71.9 Å². The maximum Gasteiger partial charge on any atom is 0.225 e. The van der Waals surface area contributed by atoms with Crippen molar-refractivity contribution in [2.24, 2.45) is 0 Å². The summed E-state index contributed by atoms with van der Waals surface area (Å²) in [5, 5.41) is 12.3. The summed E-state index contributed by atoms with van der Waals surface area (Å²) in [6, 6.07) is 21.3. The van der Waals surface area contributed by atoms with Crippen molar-refractivity contribution in [1.29, 1.82) is 0 Å². The van der Waals surface area contributed by atoms with Gasteiger partial charge in [0.25, 0.3) is 0 Å². The zero-order valence-electron chi connectivity index (χ0n) is 20.7. The fraction of sp³-hybridized carbons (Fsp3) is 0.214. The molecule has 0 unspecified atom stereocenters. The van der Waals surface area contributed by atoms with Gasteiger partial charge < -0.3 is 14.8 Å². The lowest BCUT2D eigenvalue weighted by molar-refractivity contribution is -0.115. The first-order valence-electron chi connectivity index (χ1n) is 11.5. The molecule has 0 fully saturated rings. The molecule has 4 aromatic rings. The van der Waals surface area contributed by atoms with Crippen LogP contribution in [0.2, 0.25) is 0 Å². The highest BCUT2D eigenvalue weighted by molar-refractivity contribution is 7.99. The first kappa shape index (κ1) is 25.2. The van der Waals surface area contributed by atoms with Crippen LogP contribution in [0.3, 0.4) is 0 Å². The molecule has 0 aliphatic carbocycles. The van der Waals surface area contributed by atoms with Crippen LogP contribution in [0.25, 0.3) is 22.5 Å². The van der Waals surface area contributed by atoms with Gasteiger partial charge in [0, 0.05) is 29.0 Å². The predicted molar refractivity (Wildman–Crippen MR) is 144 cm³/mol. The summed E-state index contributed by atoms with van der Waals surface area (Å²) in [5.74, 6) is 2.00. The van der Waals surface area contributed by atoms with E-state index in [2.05, 4.69) is 21.6 Å². The maximum atomic E-state index is 12.5. The Balaban J connectivity index is 1.51. The second kappa shape index (κ2) is 11.7. The Kier molecular flexibility index (Phi) is 8.17. The number of nitrogens with one attached hydrogen (secondary N) is 1. The third-order valence-electron chi connectivity index (χ3n) is 5.61. The fourth-order valence-corrected chi connectivity index (χ4v) is 4.39. The SMILES string of the molecule is COc1ccc(-c2nnc(SCCC(=O)Nc3ccc(C)cc3C)nc2-c2ccc(OC)cc2)cc1. The van der Waals surface area contributed by atoms with Gasteiger partial charge >= 0.3 is 0 Å². The number of methoxy groups -OCH3 is 2. The van der Waals surface area contributed by atoms with Gasteiger partial charge in [0.05, 0.1) is 14.2 Å². The second-order valence-electron chi connectivity index (χ2n) is 8.21. The Morgan fingerprint density at radius 1 is 0.833 bits per heavy atom. The van der Waals surface area contributed by atoms with Crippen LogP contribution >= 0.6 is 11.8 Å². The molecule has 36 heavy (non-hydrogen) atoms. The molecule has 1 amide bonds. The van der Waals surface area contributed by atoms with E-state index >= 15 is 0 Å². The summed E-state index contributed by atoms with van der Waals surface area (Å²) in [4.78, 5) is 17.3. The molecule has 0 atom stereocenters.